The number of nitrogens with zero attached hydrogens (tertiary/aromatic N) is 1. The van der Waals surface area contributed by atoms with Crippen LogP contribution in [0.4, 0.5) is 0 Å². The summed E-state index contributed by atoms with van der Waals surface area (Å²) in [5.74, 6) is 0. The molecule has 0 aliphatic carbocycles. The summed E-state index contributed by atoms with van der Waals surface area (Å²) in [7, 11) is 0. The third-order valence-corrected chi connectivity index (χ3v) is 3.49. The Morgan fingerprint density at radius 1 is 1.13 bits per heavy atom. The second-order valence-corrected chi connectivity index (χ2v) is 6.09. The Morgan fingerprint density at radius 2 is 1.60 bits per heavy atom. The molecule has 1 aliphatic rings. The van der Waals surface area contributed by atoms with Crippen LogP contribution in [0.15, 0.2) is 0 Å². The van der Waals surface area contributed by atoms with E-state index >= 15 is 0 Å². The molecule has 1 aliphatic heterocycles. The number of piperidine rings is 1. The normalized spacial score (nSPS) is 25.5. The lowest BCUT2D eigenvalue weighted by Crippen LogP contribution is -2.60. The number of likely N-dealkylation sites (tertiary alicyclic amines) is 1. The molecule has 88 valence electrons. The van der Waals surface area contributed by atoms with Gasteiger partial charge in [0.1, 0.15) is 0 Å². The van der Waals surface area contributed by atoms with Crippen LogP contribution in [0.1, 0.15) is 60.3 Å². The standard InChI is InChI=1S/C13H26N2/c1-6-7-8-15-12(2,3)9-11(14)10-13(15,4)5/h14H,6-10H2,1-5H3. The molecule has 1 saturated heterocycles. The van der Waals surface area contributed by atoms with Crippen molar-refractivity contribution in [1.29, 1.82) is 5.41 Å². The zero-order valence-electron chi connectivity index (χ0n) is 11.0. The first-order chi connectivity index (χ1) is 6.79. The first-order valence-electron chi connectivity index (χ1n) is 6.13. The van der Waals surface area contributed by atoms with Crippen LogP contribution < -0.4 is 0 Å². The molecule has 0 spiro atoms. The van der Waals surface area contributed by atoms with Gasteiger partial charge in [-0.05, 0) is 40.7 Å². The molecular formula is C13H26N2. The van der Waals surface area contributed by atoms with Gasteiger partial charge in [-0.3, -0.25) is 4.90 Å². The molecule has 0 aromatic rings. The van der Waals surface area contributed by atoms with Gasteiger partial charge in [-0.15, -0.1) is 0 Å². The van der Waals surface area contributed by atoms with E-state index < -0.39 is 0 Å². The van der Waals surface area contributed by atoms with Gasteiger partial charge in [-0.25, -0.2) is 0 Å². The highest BCUT2D eigenvalue weighted by atomic mass is 15.3. The van der Waals surface area contributed by atoms with Crippen molar-refractivity contribution in [3.63, 3.8) is 0 Å². The summed E-state index contributed by atoms with van der Waals surface area (Å²) < 4.78 is 0. The number of rotatable bonds is 3. The molecule has 0 saturated carbocycles. The molecule has 15 heavy (non-hydrogen) atoms. The Bertz CT molecular complexity index is 221. The van der Waals surface area contributed by atoms with Crippen LogP contribution in [-0.4, -0.2) is 28.2 Å². The SMILES string of the molecule is CCCCN1C(C)(C)CC(=N)CC1(C)C. The van der Waals surface area contributed by atoms with Crippen molar-refractivity contribution in [3.8, 4) is 0 Å². The number of hydrogen-bond acceptors (Lipinski definition) is 2. The van der Waals surface area contributed by atoms with Crippen molar-refractivity contribution in [2.24, 2.45) is 0 Å². The zero-order chi connectivity index (χ0) is 11.7. The smallest absolute Gasteiger partial charge is 0.0210 e. The first kappa shape index (κ1) is 12.7. The van der Waals surface area contributed by atoms with Crippen LogP contribution in [0, 0.1) is 5.41 Å². The summed E-state index contributed by atoms with van der Waals surface area (Å²) >= 11 is 0. The number of nitrogens with one attached hydrogen (secondary N) is 1. The average Bonchev–Trinajstić information content (AvgIpc) is 1.98. The van der Waals surface area contributed by atoms with E-state index in [0.717, 1.165) is 18.6 Å². The van der Waals surface area contributed by atoms with Crippen molar-refractivity contribution in [2.75, 3.05) is 6.54 Å². The van der Waals surface area contributed by atoms with Gasteiger partial charge in [-0.1, -0.05) is 13.3 Å². The molecule has 1 fully saturated rings. The Morgan fingerprint density at radius 3 is 2.00 bits per heavy atom. The lowest BCUT2D eigenvalue weighted by molar-refractivity contribution is 0.00833. The number of hydrogen-bond donors (Lipinski definition) is 1. The quantitative estimate of drug-likeness (QED) is 0.759. The van der Waals surface area contributed by atoms with E-state index in [9.17, 15) is 0 Å². The van der Waals surface area contributed by atoms with Gasteiger partial charge in [0.2, 0.25) is 0 Å². The summed E-state index contributed by atoms with van der Waals surface area (Å²) in [5.41, 5.74) is 1.24. The monoisotopic (exact) mass is 210 g/mol. The van der Waals surface area contributed by atoms with Gasteiger partial charge in [-0.2, -0.15) is 0 Å². The Hall–Kier alpha value is -0.370. The Balaban J connectivity index is 2.82. The van der Waals surface area contributed by atoms with Crippen molar-refractivity contribution < 1.29 is 0 Å². The van der Waals surface area contributed by atoms with Gasteiger partial charge in [0.15, 0.2) is 0 Å². The number of unbranched alkanes of at least 4 members (excludes halogenated alkanes) is 1. The molecule has 1 rings (SSSR count). The maximum atomic E-state index is 7.94. The maximum Gasteiger partial charge on any atom is 0.0210 e. The van der Waals surface area contributed by atoms with Crippen LogP contribution in [0.2, 0.25) is 0 Å². The van der Waals surface area contributed by atoms with E-state index in [1.54, 1.807) is 0 Å². The van der Waals surface area contributed by atoms with E-state index in [4.69, 9.17) is 5.41 Å². The molecule has 0 aromatic carbocycles. The predicted molar refractivity (Wildman–Crippen MR) is 66.7 cm³/mol. The lowest BCUT2D eigenvalue weighted by Gasteiger charge is -2.53. The summed E-state index contributed by atoms with van der Waals surface area (Å²) in [5, 5.41) is 7.94. The van der Waals surface area contributed by atoms with Gasteiger partial charge in [0.05, 0.1) is 0 Å². The van der Waals surface area contributed by atoms with Crippen molar-refractivity contribution >= 4 is 5.71 Å². The summed E-state index contributed by atoms with van der Waals surface area (Å²) in [4.78, 5) is 2.60. The van der Waals surface area contributed by atoms with Crippen LogP contribution in [0.25, 0.3) is 0 Å². The van der Waals surface area contributed by atoms with Crippen LogP contribution >= 0.6 is 0 Å². The zero-order valence-corrected chi connectivity index (χ0v) is 11.0. The highest BCUT2D eigenvalue weighted by molar-refractivity contribution is 5.84. The fraction of sp³-hybridized carbons (Fsp3) is 0.923. The van der Waals surface area contributed by atoms with Crippen LogP contribution in [0.3, 0.4) is 0 Å². The lowest BCUT2D eigenvalue weighted by atomic mass is 9.78. The van der Waals surface area contributed by atoms with E-state index in [-0.39, 0.29) is 11.1 Å². The molecule has 2 nitrogen and oxygen atoms in total. The highest BCUT2D eigenvalue weighted by Gasteiger charge is 2.42. The van der Waals surface area contributed by atoms with Gasteiger partial charge < -0.3 is 5.41 Å². The molecule has 2 heteroatoms. The molecule has 0 atom stereocenters. The van der Waals surface area contributed by atoms with Gasteiger partial charge in [0, 0.05) is 29.6 Å². The van der Waals surface area contributed by atoms with Crippen molar-refractivity contribution in [3.05, 3.63) is 0 Å². The van der Waals surface area contributed by atoms with E-state index in [1.165, 1.54) is 19.4 Å². The minimum Gasteiger partial charge on any atom is -0.310 e. The van der Waals surface area contributed by atoms with E-state index in [1.807, 2.05) is 0 Å². The second kappa shape index (κ2) is 4.25. The van der Waals surface area contributed by atoms with Gasteiger partial charge >= 0.3 is 0 Å². The minimum absolute atomic E-state index is 0.161. The third kappa shape index (κ3) is 2.81. The predicted octanol–water partition coefficient (Wildman–Crippen LogP) is 3.46. The van der Waals surface area contributed by atoms with Crippen molar-refractivity contribution in [1.82, 2.24) is 4.90 Å². The topological polar surface area (TPSA) is 27.1 Å². The third-order valence-electron chi connectivity index (χ3n) is 3.49. The molecule has 0 amide bonds. The fourth-order valence-corrected chi connectivity index (χ4v) is 3.04. The molecule has 0 aromatic heterocycles. The van der Waals surface area contributed by atoms with Crippen LogP contribution in [0.5, 0.6) is 0 Å². The molecule has 1 N–H and O–H groups in total. The minimum atomic E-state index is 0.161. The highest BCUT2D eigenvalue weighted by Crippen LogP contribution is 2.36. The summed E-state index contributed by atoms with van der Waals surface area (Å²) in [6.07, 6.45) is 4.38. The largest absolute Gasteiger partial charge is 0.310 e. The van der Waals surface area contributed by atoms with E-state index in [0.29, 0.717) is 0 Å². The molecule has 1 heterocycles. The molecular weight excluding hydrogens is 184 g/mol. The average molecular weight is 210 g/mol. The molecule has 0 radical (unpaired) electrons. The first-order valence-corrected chi connectivity index (χ1v) is 6.13. The Kier molecular flexibility index (Phi) is 3.59. The molecule has 0 unspecified atom stereocenters. The van der Waals surface area contributed by atoms with E-state index in [2.05, 4.69) is 39.5 Å². The van der Waals surface area contributed by atoms with Gasteiger partial charge in [0.25, 0.3) is 0 Å². The van der Waals surface area contributed by atoms with Crippen molar-refractivity contribution in [2.45, 2.75) is 71.4 Å². The fourth-order valence-electron chi connectivity index (χ4n) is 3.04. The molecule has 0 bridgehead atoms. The Labute approximate surface area is 94.6 Å². The summed E-state index contributed by atoms with van der Waals surface area (Å²) in [6.45, 7) is 12.5. The second-order valence-electron chi connectivity index (χ2n) is 6.09. The summed E-state index contributed by atoms with van der Waals surface area (Å²) in [6, 6.07) is 0. The maximum absolute atomic E-state index is 7.94. The van der Waals surface area contributed by atoms with Crippen LogP contribution in [-0.2, 0) is 0 Å².